The van der Waals surface area contributed by atoms with Crippen LogP contribution in [0.5, 0.6) is 0 Å². The van der Waals surface area contributed by atoms with Crippen LogP contribution in [0.4, 0.5) is 0 Å². The van der Waals surface area contributed by atoms with E-state index in [1.54, 1.807) is 6.92 Å². The van der Waals surface area contributed by atoms with Crippen LogP contribution in [0.25, 0.3) is 0 Å². The molecule has 1 rings (SSSR count). The van der Waals surface area contributed by atoms with Crippen LogP contribution in [0, 0.1) is 19.8 Å². The van der Waals surface area contributed by atoms with Crippen LogP contribution >= 0.6 is 11.8 Å². The molecule has 1 N–H and O–H groups in total. The lowest BCUT2D eigenvalue weighted by Gasteiger charge is -2.13. The highest BCUT2D eigenvalue weighted by atomic mass is 32.2. The zero-order chi connectivity index (χ0) is 14.6. The van der Waals surface area contributed by atoms with Crippen LogP contribution in [0.3, 0.4) is 0 Å². The predicted octanol–water partition coefficient (Wildman–Crippen LogP) is 3.00. The summed E-state index contributed by atoms with van der Waals surface area (Å²) in [7, 11) is 0. The van der Waals surface area contributed by atoms with Gasteiger partial charge in [-0.25, -0.2) is 9.97 Å². The molecule has 4 nitrogen and oxygen atoms in total. The average molecular weight is 282 g/mol. The van der Waals surface area contributed by atoms with Gasteiger partial charge in [0.05, 0.1) is 11.7 Å². The van der Waals surface area contributed by atoms with Gasteiger partial charge < -0.3 is 5.11 Å². The van der Waals surface area contributed by atoms with Crippen LogP contribution in [-0.4, -0.2) is 26.3 Å². The molecule has 5 heteroatoms. The monoisotopic (exact) mass is 282 g/mol. The molecule has 0 bridgehead atoms. The maximum absolute atomic E-state index is 10.9. The third-order valence-electron chi connectivity index (χ3n) is 2.94. The van der Waals surface area contributed by atoms with Crippen molar-refractivity contribution >= 4 is 17.7 Å². The lowest BCUT2D eigenvalue weighted by atomic mass is 9.99. The molecule has 0 saturated heterocycles. The molecular formula is C14H22N2O2S. The first kappa shape index (κ1) is 16.0. The summed E-state index contributed by atoms with van der Waals surface area (Å²) in [6.07, 6.45) is 0.491. The van der Waals surface area contributed by atoms with Crippen molar-refractivity contribution in [1.29, 1.82) is 0 Å². The number of carboxylic acid groups (broad SMARTS) is 1. The highest BCUT2D eigenvalue weighted by molar-refractivity contribution is 7.99. The molecule has 1 heterocycles. The number of hydrogen-bond donors (Lipinski definition) is 1. The molecule has 0 fully saturated rings. The minimum atomic E-state index is -0.779. The van der Waals surface area contributed by atoms with Gasteiger partial charge in [-0.1, -0.05) is 20.8 Å². The second-order valence-corrected chi connectivity index (χ2v) is 6.66. The first-order valence-electron chi connectivity index (χ1n) is 6.48. The first-order chi connectivity index (χ1) is 8.81. The van der Waals surface area contributed by atoms with Crippen LogP contribution in [0.1, 0.15) is 43.5 Å². The molecule has 1 aromatic heterocycles. The fourth-order valence-electron chi connectivity index (χ4n) is 1.80. The van der Waals surface area contributed by atoms with Gasteiger partial charge in [0.2, 0.25) is 0 Å². The third-order valence-corrected chi connectivity index (χ3v) is 4.04. The molecule has 0 aliphatic heterocycles. The molecule has 1 atom stereocenters. The van der Waals surface area contributed by atoms with Gasteiger partial charge in [-0.05, 0) is 31.1 Å². The van der Waals surface area contributed by atoms with Gasteiger partial charge in [-0.3, -0.25) is 4.79 Å². The van der Waals surface area contributed by atoms with Crippen LogP contribution in [-0.2, 0) is 17.0 Å². The number of nitrogens with zero attached hydrogens (tertiary/aromatic N) is 2. The molecular weight excluding hydrogens is 260 g/mol. The maximum Gasteiger partial charge on any atom is 0.306 e. The summed E-state index contributed by atoms with van der Waals surface area (Å²) in [5, 5.41) is 9.53. The van der Waals surface area contributed by atoms with E-state index in [0.29, 0.717) is 11.7 Å². The lowest BCUT2D eigenvalue weighted by molar-refractivity contribution is -0.141. The third kappa shape index (κ3) is 4.82. The molecule has 0 aromatic carbocycles. The second-order valence-electron chi connectivity index (χ2n) is 5.09. The maximum atomic E-state index is 10.9. The summed E-state index contributed by atoms with van der Waals surface area (Å²) in [4.78, 5) is 19.9. The van der Waals surface area contributed by atoms with E-state index < -0.39 is 11.9 Å². The van der Waals surface area contributed by atoms with Gasteiger partial charge in [-0.2, -0.15) is 11.8 Å². The Balaban J connectivity index is 2.88. The van der Waals surface area contributed by atoms with Gasteiger partial charge in [0, 0.05) is 11.4 Å². The first-order valence-corrected chi connectivity index (χ1v) is 7.53. The van der Waals surface area contributed by atoms with Gasteiger partial charge in [0.25, 0.3) is 0 Å². The minimum Gasteiger partial charge on any atom is -0.481 e. The molecule has 0 saturated carbocycles. The van der Waals surface area contributed by atoms with Crippen LogP contribution in [0.2, 0.25) is 0 Å². The summed E-state index contributed by atoms with van der Waals surface area (Å²) < 4.78 is 0. The van der Waals surface area contributed by atoms with Crippen molar-refractivity contribution in [3.63, 3.8) is 0 Å². The molecule has 1 unspecified atom stereocenters. The van der Waals surface area contributed by atoms with Crippen molar-refractivity contribution < 1.29 is 9.90 Å². The van der Waals surface area contributed by atoms with Crippen molar-refractivity contribution in [3.8, 4) is 0 Å². The Morgan fingerprint density at radius 1 is 1.21 bits per heavy atom. The van der Waals surface area contributed by atoms with E-state index in [9.17, 15) is 4.79 Å². The molecule has 19 heavy (non-hydrogen) atoms. The topological polar surface area (TPSA) is 63.1 Å². The number of carbonyl (C=O) groups is 1. The minimum absolute atomic E-state index is 0.406. The fraction of sp³-hybridized carbons (Fsp3) is 0.643. The van der Waals surface area contributed by atoms with Crippen molar-refractivity contribution in [2.24, 2.45) is 5.92 Å². The summed E-state index contributed by atoms with van der Waals surface area (Å²) in [6.45, 7) is 9.87. The average Bonchev–Trinajstić information content (AvgIpc) is 2.30. The molecule has 106 valence electrons. The Morgan fingerprint density at radius 3 is 2.16 bits per heavy atom. The Kier molecular flexibility index (Phi) is 5.79. The summed E-state index contributed by atoms with van der Waals surface area (Å²) in [6, 6.07) is 0. The number of aliphatic carboxylic acids is 1. The van der Waals surface area contributed by atoms with Crippen molar-refractivity contribution in [2.75, 3.05) is 0 Å². The van der Waals surface area contributed by atoms with E-state index in [-0.39, 0.29) is 0 Å². The molecule has 0 aliphatic rings. The smallest absolute Gasteiger partial charge is 0.306 e. The van der Waals surface area contributed by atoms with Crippen LogP contribution in [0.15, 0.2) is 0 Å². The predicted molar refractivity (Wildman–Crippen MR) is 78.4 cm³/mol. The Labute approximate surface area is 119 Å². The van der Waals surface area contributed by atoms with E-state index in [0.717, 1.165) is 28.5 Å². The lowest BCUT2D eigenvalue weighted by Crippen LogP contribution is -2.15. The van der Waals surface area contributed by atoms with E-state index in [4.69, 9.17) is 5.11 Å². The number of thioether (sulfide) groups is 1. The van der Waals surface area contributed by atoms with Crippen molar-refractivity contribution in [2.45, 2.75) is 52.0 Å². The zero-order valence-corrected chi connectivity index (χ0v) is 13.0. The van der Waals surface area contributed by atoms with E-state index in [2.05, 4.69) is 23.8 Å². The Bertz CT molecular complexity index is 438. The fourth-order valence-corrected chi connectivity index (χ4v) is 2.42. The van der Waals surface area contributed by atoms with Gasteiger partial charge in [0.1, 0.15) is 5.82 Å². The standard InChI is InChI=1S/C14H22N2O2S/c1-8(2)19-7-13-15-10(4)12(11(5)16-13)6-9(3)14(17)18/h8-9H,6-7H2,1-5H3,(H,17,18). The van der Waals surface area contributed by atoms with E-state index >= 15 is 0 Å². The SMILES string of the molecule is Cc1nc(CSC(C)C)nc(C)c1CC(C)C(=O)O. The number of aromatic nitrogens is 2. The quantitative estimate of drug-likeness (QED) is 0.869. The molecule has 0 aliphatic carbocycles. The van der Waals surface area contributed by atoms with E-state index in [1.807, 2.05) is 25.6 Å². The van der Waals surface area contributed by atoms with Crippen molar-refractivity contribution in [1.82, 2.24) is 9.97 Å². The summed E-state index contributed by atoms with van der Waals surface area (Å²) in [5.41, 5.74) is 2.77. The summed E-state index contributed by atoms with van der Waals surface area (Å²) in [5.74, 6) is 0.448. The van der Waals surface area contributed by atoms with Gasteiger partial charge >= 0.3 is 5.97 Å². The molecule has 0 radical (unpaired) electrons. The number of rotatable bonds is 6. The Hall–Kier alpha value is -1.10. The van der Waals surface area contributed by atoms with Gasteiger partial charge in [0.15, 0.2) is 0 Å². The molecule has 1 aromatic rings. The number of aryl methyl sites for hydroxylation is 2. The van der Waals surface area contributed by atoms with Crippen molar-refractivity contribution in [3.05, 3.63) is 22.8 Å². The normalized spacial score (nSPS) is 12.7. The largest absolute Gasteiger partial charge is 0.481 e. The van der Waals surface area contributed by atoms with Gasteiger partial charge in [-0.15, -0.1) is 0 Å². The second kappa shape index (κ2) is 6.89. The highest BCUT2D eigenvalue weighted by Crippen LogP contribution is 2.19. The van der Waals surface area contributed by atoms with Crippen LogP contribution < -0.4 is 0 Å². The summed E-state index contributed by atoms with van der Waals surface area (Å²) >= 11 is 1.81. The Morgan fingerprint density at radius 2 is 1.74 bits per heavy atom. The van der Waals surface area contributed by atoms with E-state index in [1.165, 1.54) is 0 Å². The molecule has 0 amide bonds. The highest BCUT2D eigenvalue weighted by Gasteiger charge is 2.16. The number of carboxylic acids is 1. The zero-order valence-electron chi connectivity index (χ0n) is 12.2. The molecule has 0 spiro atoms. The number of hydrogen-bond acceptors (Lipinski definition) is 4.